The van der Waals surface area contributed by atoms with Crippen LogP contribution in [0.2, 0.25) is 5.02 Å². The molecule has 2 aromatic rings. The maximum atomic E-state index is 11.1. The molecule has 0 aliphatic carbocycles. The summed E-state index contributed by atoms with van der Waals surface area (Å²) in [6.07, 6.45) is 0. The summed E-state index contributed by atoms with van der Waals surface area (Å²) in [5, 5.41) is 4.04. The van der Waals surface area contributed by atoms with E-state index < -0.39 is 5.91 Å². The van der Waals surface area contributed by atoms with E-state index in [-0.39, 0.29) is 12.3 Å². The summed E-state index contributed by atoms with van der Waals surface area (Å²) in [6.45, 7) is 0.120. The van der Waals surface area contributed by atoms with Crippen LogP contribution in [-0.4, -0.2) is 11.1 Å². The van der Waals surface area contributed by atoms with E-state index in [2.05, 4.69) is 5.16 Å². The minimum absolute atomic E-state index is 0.0928. The van der Waals surface area contributed by atoms with E-state index in [0.29, 0.717) is 16.5 Å². The lowest BCUT2D eigenvalue weighted by molar-refractivity contribution is 0.0944. The molecule has 0 unspecified atom stereocenters. The van der Waals surface area contributed by atoms with Crippen LogP contribution in [0.15, 0.2) is 34.9 Å². The maximum Gasteiger partial charge on any atom is 0.287 e. The second kappa shape index (κ2) is 5.52. The number of benzene rings is 1. The number of hydrazine groups is 1. The number of para-hydroxylation sites is 1. The molecule has 0 radical (unpaired) electrons. The smallest absolute Gasteiger partial charge is 0.287 e. The predicted molar refractivity (Wildman–Crippen MR) is 63.9 cm³/mol. The van der Waals surface area contributed by atoms with Gasteiger partial charge in [-0.1, -0.05) is 28.9 Å². The zero-order chi connectivity index (χ0) is 13.0. The maximum absolute atomic E-state index is 11.1. The number of hydrogen-bond donors (Lipinski definition) is 2. The molecule has 94 valence electrons. The van der Waals surface area contributed by atoms with Crippen LogP contribution in [0.4, 0.5) is 0 Å². The molecular weight excluding hydrogens is 258 g/mol. The number of carbonyl (C=O) groups is 1. The Hall–Kier alpha value is -2.05. The van der Waals surface area contributed by atoms with Gasteiger partial charge in [0.2, 0.25) is 0 Å². The molecule has 7 heteroatoms. The van der Waals surface area contributed by atoms with Gasteiger partial charge in [-0.3, -0.25) is 10.2 Å². The Kier molecular flexibility index (Phi) is 3.81. The standard InChI is InChI=1S/C11H10ClN3O3/c12-8-3-1-2-4-10(8)17-6-7-5-9(15-18-7)11(16)14-13/h1-5H,6,13H2,(H,14,16). The first kappa shape index (κ1) is 12.4. The second-order valence-electron chi connectivity index (χ2n) is 3.37. The molecule has 0 spiro atoms. The number of ether oxygens (including phenoxy) is 1. The lowest BCUT2D eigenvalue weighted by Gasteiger charge is -2.04. The lowest BCUT2D eigenvalue weighted by Crippen LogP contribution is -2.30. The van der Waals surface area contributed by atoms with Gasteiger partial charge in [-0.2, -0.15) is 0 Å². The molecule has 18 heavy (non-hydrogen) atoms. The van der Waals surface area contributed by atoms with Gasteiger partial charge in [0.25, 0.3) is 5.91 Å². The fourth-order valence-electron chi connectivity index (χ4n) is 1.27. The number of amides is 1. The first-order valence-electron chi connectivity index (χ1n) is 5.04. The highest BCUT2D eigenvalue weighted by molar-refractivity contribution is 6.32. The average Bonchev–Trinajstić information content (AvgIpc) is 2.86. The van der Waals surface area contributed by atoms with E-state index in [0.717, 1.165) is 0 Å². The van der Waals surface area contributed by atoms with Crippen molar-refractivity contribution >= 4 is 17.5 Å². The minimum Gasteiger partial charge on any atom is -0.484 e. The number of hydrogen-bond acceptors (Lipinski definition) is 5. The van der Waals surface area contributed by atoms with Crippen LogP contribution in [0, 0.1) is 0 Å². The highest BCUT2D eigenvalue weighted by atomic mass is 35.5. The lowest BCUT2D eigenvalue weighted by atomic mass is 10.3. The van der Waals surface area contributed by atoms with Gasteiger partial charge in [-0.05, 0) is 12.1 Å². The van der Waals surface area contributed by atoms with Crippen LogP contribution in [0.3, 0.4) is 0 Å². The Balaban J connectivity index is 2.01. The van der Waals surface area contributed by atoms with Crippen LogP contribution < -0.4 is 16.0 Å². The van der Waals surface area contributed by atoms with E-state index in [4.69, 9.17) is 26.7 Å². The summed E-state index contributed by atoms with van der Waals surface area (Å²) in [6, 6.07) is 8.48. The molecule has 1 aromatic carbocycles. The van der Waals surface area contributed by atoms with Crippen molar-refractivity contribution < 1.29 is 14.1 Å². The molecule has 0 aliphatic rings. The number of nitrogens with one attached hydrogen (secondary N) is 1. The van der Waals surface area contributed by atoms with Crippen molar-refractivity contribution in [3.05, 3.63) is 46.8 Å². The van der Waals surface area contributed by atoms with Crippen LogP contribution >= 0.6 is 11.6 Å². The number of halogens is 1. The predicted octanol–water partition coefficient (Wildman–Crippen LogP) is 1.51. The fourth-order valence-corrected chi connectivity index (χ4v) is 1.46. The fraction of sp³-hybridized carbons (Fsp3) is 0.0909. The number of carbonyl (C=O) groups excluding carboxylic acids is 1. The number of aromatic nitrogens is 1. The van der Waals surface area contributed by atoms with Crippen molar-refractivity contribution in [3.63, 3.8) is 0 Å². The Bertz CT molecular complexity index is 556. The van der Waals surface area contributed by atoms with Crippen molar-refractivity contribution in [1.29, 1.82) is 0 Å². The molecule has 0 bridgehead atoms. The molecule has 1 aromatic heterocycles. The summed E-state index contributed by atoms with van der Waals surface area (Å²) in [5.74, 6) is 5.37. The van der Waals surface area contributed by atoms with E-state index in [9.17, 15) is 4.79 Å². The summed E-state index contributed by atoms with van der Waals surface area (Å²) >= 11 is 5.92. The van der Waals surface area contributed by atoms with Crippen LogP contribution in [-0.2, 0) is 6.61 Å². The van der Waals surface area contributed by atoms with E-state index in [1.807, 2.05) is 5.43 Å². The monoisotopic (exact) mass is 267 g/mol. The van der Waals surface area contributed by atoms with E-state index >= 15 is 0 Å². The van der Waals surface area contributed by atoms with Crippen molar-refractivity contribution in [2.75, 3.05) is 0 Å². The molecular formula is C11H10ClN3O3. The Morgan fingerprint density at radius 2 is 2.28 bits per heavy atom. The number of rotatable bonds is 4. The second-order valence-corrected chi connectivity index (χ2v) is 3.78. The largest absolute Gasteiger partial charge is 0.484 e. The number of nitrogens with two attached hydrogens (primary N) is 1. The van der Waals surface area contributed by atoms with Gasteiger partial charge in [-0.25, -0.2) is 5.84 Å². The molecule has 6 nitrogen and oxygen atoms in total. The van der Waals surface area contributed by atoms with Crippen molar-refractivity contribution in [3.8, 4) is 5.75 Å². The molecule has 0 aliphatic heterocycles. The van der Waals surface area contributed by atoms with Crippen LogP contribution in [0.5, 0.6) is 5.75 Å². The summed E-state index contributed by atoms with van der Waals surface area (Å²) < 4.78 is 10.3. The van der Waals surface area contributed by atoms with E-state index in [1.54, 1.807) is 24.3 Å². The third kappa shape index (κ3) is 2.79. The van der Waals surface area contributed by atoms with Gasteiger partial charge in [0, 0.05) is 6.07 Å². The third-order valence-corrected chi connectivity index (χ3v) is 2.44. The number of nitrogen functional groups attached to an aromatic ring is 1. The molecule has 1 amide bonds. The SMILES string of the molecule is NNC(=O)c1cc(COc2ccccc2Cl)on1. The molecule has 0 saturated carbocycles. The topological polar surface area (TPSA) is 90.4 Å². The molecule has 0 fully saturated rings. The molecule has 1 heterocycles. The quantitative estimate of drug-likeness (QED) is 0.498. The summed E-state index contributed by atoms with van der Waals surface area (Å²) in [5.41, 5.74) is 2.05. The van der Waals surface area contributed by atoms with Gasteiger partial charge < -0.3 is 9.26 Å². The van der Waals surface area contributed by atoms with Gasteiger partial charge in [0.15, 0.2) is 11.5 Å². The highest BCUT2D eigenvalue weighted by Crippen LogP contribution is 2.24. The van der Waals surface area contributed by atoms with Crippen LogP contribution in [0.1, 0.15) is 16.2 Å². The Labute approximate surface area is 108 Å². The normalized spacial score (nSPS) is 10.1. The zero-order valence-electron chi connectivity index (χ0n) is 9.22. The van der Waals surface area contributed by atoms with Crippen LogP contribution in [0.25, 0.3) is 0 Å². The minimum atomic E-state index is -0.525. The third-order valence-electron chi connectivity index (χ3n) is 2.13. The van der Waals surface area contributed by atoms with Gasteiger partial charge >= 0.3 is 0 Å². The van der Waals surface area contributed by atoms with Gasteiger partial charge in [0.05, 0.1) is 5.02 Å². The molecule has 3 N–H and O–H groups in total. The Morgan fingerprint density at radius 1 is 1.50 bits per heavy atom. The molecule has 0 saturated heterocycles. The Morgan fingerprint density at radius 3 is 3.00 bits per heavy atom. The van der Waals surface area contributed by atoms with E-state index in [1.165, 1.54) is 6.07 Å². The van der Waals surface area contributed by atoms with Crippen molar-refractivity contribution in [1.82, 2.24) is 10.6 Å². The molecule has 0 atom stereocenters. The first-order valence-corrected chi connectivity index (χ1v) is 5.42. The summed E-state index contributed by atoms with van der Waals surface area (Å²) in [7, 11) is 0. The average molecular weight is 268 g/mol. The van der Waals surface area contributed by atoms with Gasteiger partial charge in [-0.15, -0.1) is 0 Å². The zero-order valence-corrected chi connectivity index (χ0v) is 9.98. The van der Waals surface area contributed by atoms with Gasteiger partial charge in [0.1, 0.15) is 12.4 Å². The highest BCUT2D eigenvalue weighted by Gasteiger charge is 2.11. The molecule has 2 rings (SSSR count). The van der Waals surface area contributed by atoms with Crippen molar-refractivity contribution in [2.24, 2.45) is 5.84 Å². The summed E-state index contributed by atoms with van der Waals surface area (Å²) in [4.78, 5) is 11.1. The van der Waals surface area contributed by atoms with Crippen molar-refractivity contribution in [2.45, 2.75) is 6.61 Å². The first-order chi connectivity index (χ1) is 8.70. The number of nitrogens with zero attached hydrogens (tertiary/aromatic N) is 1.